The summed E-state index contributed by atoms with van der Waals surface area (Å²) in [6.45, 7) is 4.08. The number of thiazole rings is 1. The summed E-state index contributed by atoms with van der Waals surface area (Å²) in [5.74, 6) is 0.215. The molecule has 1 heterocycles. The van der Waals surface area contributed by atoms with Crippen LogP contribution in [-0.2, 0) is 4.79 Å². The van der Waals surface area contributed by atoms with E-state index in [0.717, 1.165) is 22.1 Å². The first-order valence-corrected chi connectivity index (χ1v) is 16.5. The highest BCUT2D eigenvalue weighted by Crippen LogP contribution is 2.34. The Morgan fingerprint density at radius 2 is 1.70 bits per heavy atom. The van der Waals surface area contributed by atoms with Crippen LogP contribution in [0.4, 0.5) is 16.5 Å². The standard InChI is InChI=1S/C34H29ClIN5O4S/c1-3-44-30-17-22(16-28(36)32(30)45-19-31(42)38-26-14-10-25(35)11-15-26)18-37-41-33(43)24-8-6-23(7-9-24)29-20-46-34(40-29)39-27-12-4-21(2)5-13-27/h4-18,20H,3,19H2,1-2H3,(H,38,42)(H,39,40)(H,41,43)/b37-18+. The molecule has 0 spiro atoms. The van der Waals surface area contributed by atoms with Crippen molar-refractivity contribution in [1.82, 2.24) is 10.4 Å². The monoisotopic (exact) mass is 765 g/mol. The van der Waals surface area contributed by atoms with E-state index in [1.165, 1.54) is 23.1 Å². The maximum Gasteiger partial charge on any atom is 0.271 e. The lowest BCUT2D eigenvalue weighted by molar-refractivity contribution is -0.118. The molecule has 0 aliphatic carbocycles. The molecule has 0 aliphatic heterocycles. The number of benzene rings is 4. The number of nitrogens with one attached hydrogen (secondary N) is 3. The van der Waals surface area contributed by atoms with Crippen LogP contribution >= 0.6 is 45.5 Å². The summed E-state index contributed by atoms with van der Waals surface area (Å²) in [6.07, 6.45) is 1.52. The van der Waals surface area contributed by atoms with E-state index >= 15 is 0 Å². The van der Waals surface area contributed by atoms with Crippen LogP contribution in [0, 0.1) is 10.5 Å². The summed E-state index contributed by atoms with van der Waals surface area (Å²) < 4.78 is 12.3. The summed E-state index contributed by atoms with van der Waals surface area (Å²) in [6, 6.07) is 25.7. The molecule has 4 aromatic carbocycles. The molecule has 5 rings (SSSR count). The van der Waals surface area contributed by atoms with Crippen LogP contribution < -0.4 is 25.5 Å². The number of hydrazone groups is 1. The van der Waals surface area contributed by atoms with Gasteiger partial charge in [-0.2, -0.15) is 5.10 Å². The third-order valence-corrected chi connectivity index (χ3v) is 8.25. The third kappa shape index (κ3) is 9.05. The van der Waals surface area contributed by atoms with Crippen LogP contribution in [-0.4, -0.2) is 36.2 Å². The Morgan fingerprint density at radius 3 is 2.41 bits per heavy atom. The Morgan fingerprint density at radius 1 is 0.978 bits per heavy atom. The van der Waals surface area contributed by atoms with Crippen molar-refractivity contribution >= 4 is 80.1 Å². The van der Waals surface area contributed by atoms with Crippen molar-refractivity contribution in [2.24, 2.45) is 5.10 Å². The molecule has 0 saturated carbocycles. The van der Waals surface area contributed by atoms with E-state index in [1.54, 1.807) is 42.5 Å². The Hall–Kier alpha value is -4.46. The van der Waals surface area contributed by atoms with E-state index in [0.29, 0.717) is 43.5 Å². The van der Waals surface area contributed by atoms with Gasteiger partial charge in [0.05, 0.1) is 22.1 Å². The summed E-state index contributed by atoms with van der Waals surface area (Å²) in [7, 11) is 0. The lowest BCUT2D eigenvalue weighted by Gasteiger charge is -2.14. The molecule has 3 N–H and O–H groups in total. The fourth-order valence-corrected chi connectivity index (χ4v) is 5.83. The molecule has 0 fully saturated rings. The topological polar surface area (TPSA) is 114 Å². The predicted molar refractivity (Wildman–Crippen MR) is 193 cm³/mol. The number of carbonyl (C=O) groups excluding carboxylic acids is 2. The molecule has 0 atom stereocenters. The quantitative estimate of drug-likeness (QED) is 0.0670. The maximum absolute atomic E-state index is 12.8. The number of aromatic nitrogens is 1. The van der Waals surface area contributed by atoms with E-state index in [2.05, 4.69) is 48.7 Å². The van der Waals surface area contributed by atoms with Crippen molar-refractivity contribution in [3.8, 4) is 22.8 Å². The second kappa shape index (κ2) is 15.7. The second-order valence-corrected chi connectivity index (χ2v) is 12.4. The van der Waals surface area contributed by atoms with Gasteiger partial charge in [-0.3, -0.25) is 9.59 Å². The molecule has 0 bridgehead atoms. The first-order chi connectivity index (χ1) is 22.3. The zero-order valence-corrected chi connectivity index (χ0v) is 28.6. The summed E-state index contributed by atoms with van der Waals surface area (Å²) in [4.78, 5) is 29.9. The van der Waals surface area contributed by atoms with Crippen molar-refractivity contribution < 1.29 is 19.1 Å². The first kappa shape index (κ1) is 32.9. The van der Waals surface area contributed by atoms with E-state index < -0.39 is 0 Å². The number of carbonyl (C=O) groups is 2. The van der Waals surface area contributed by atoms with Crippen molar-refractivity contribution in [2.75, 3.05) is 23.8 Å². The van der Waals surface area contributed by atoms with Crippen molar-refractivity contribution in [3.63, 3.8) is 0 Å². The molecule has 0 radical (unpaired) electrons. The highest BCUT2D eigenvalue weighted by atomic mass is 127. The molecule has 46 heavy (non-hydrogen) atoms. The largest absolute Gasteiger partial charge is 0.490 e. The number of amides is 2. The van der Waals surface area contributed by atoms with Gasteiger partial charge < -0.3 is 20.1 Å². The Bertz CT molecular complexity index is 1850. The first-order valence-electron chi connectivity index (χ1n) is 14.1. The SMILES string of the molecule is CCOc1cc(/C=N/NC(=O)c2ccc(-c3csc(Nc4ccc(C)cc4)n3)cc2)cc(I)c1OCC(=O)Nc1ccc(Cl)cc1. The third-order valence-electron chi connectivity index (χ3n) is 6.44. The van der Waals surface area contributed by atoms with E-state index in [-0.39, 0.29) is 18.4 Å². The highest BCUT2D eigenvalue weighted by molar-refractivity contribution is 14.1. The zero-order chi connectivity index (χ0) is 32.5. The van der Waals surface area contributed by atoms with Gasteiger partial charge in [-0.1, -0.05) is 41.4 Å². The lowest BCUT2D eigenvalue weighted by atomic mass is 10.1. The Labute approximate surface area is 289 Å². The summed E-state index contributed by atoms with van der Waals surface area (Å²) >= 11 is 9.52. The number of hydrogen-bond acceptors (Lipinski definition) is 8. The summed E-state index contributed by atoms with van der Waals surface area (Å²) in [5.41, 5.74) is 8.20. The molecule has 2 amide bonds. The molecule has 9 nitrogen and oxygen atoms in total. The van der Waals surface area contributed by atoms with Crippen LogP contribution in [0.25, 0.3) is 11.3 Å². The lowest BCUT2D eigenvalue weighted by Crippen LogP contribution is -2.20. The number of aryl methyl sites for hydroxylation is 1. The van der Waals surface area contributed by atoms with Crippen molar-refractivity contribution in [2.45, 2.75) is 13.8 Å². The molecule has 0 aliphatic rings. The van der Waals surface area contributed by atoms with Crippen LogP contribution in [0.5, 0.6) is 11.5 Å². The van der Waals surface area contributed by atoms with Gasteiger partial charge in [-0.25, -0.2) is 10.4 Å². The van der Waals surface area contributed by atoms with Gasteiger partial charge in [0.25, 0.3) is 11.8 Å². The van der Waals surface area contributed by atoms with Crippen molar-refractivity contribution in [3.05, 3.63) is 116 Å². The predicted octanol–water partition coefficient (Wildman–Crippen LogP) is 8.30. The van der Waals surface area contributed by atoms with E-state index in [9.17, 15) is 9.59 Å². The fourth-order valence-electron chi connectivity index (χ4n) is 4.18. The smallest absolute Gasteiger partial charge is 0.271 e. The van der Waals surface area contributed by atoms with Crippen molar-refractivity contribution in [1.29, 1.82) is 0 Å². The normalized spacial score (nSPS) is 10.9. The van der Waals surface area contributed by atoms with Gasteiger partial charge in [-0.05, 0) is 103 Å². The van der Waals surface area contributed by atoms with Gasteiger partial charge in [-0.15, -0.1) is 11.3 Å². The van der Waals surface area contributed by atoms with Crippen LogP contribution in [0.1, 0.15) is 28.4 Å². The molecule has 0 unspecified atom stereocenters. The van der Waals surface area contributed by atoms with Gasteiger partial charge in [0.1, 0.15) is 0 Å². The molecule has 1 aromatic heterocycles. The molecular weight excluding hydrogens is 737 g/mol. The number of nitrogens with zero attached hydrogens (tertiary/aromatic N) is 2. The van der Waals surface area contributed by atoms with Gasteiger partial charge in [0.15, 0.2) is 23.2 Å². The number of halogens is 2. The van der Waals surface area contributed by atoms with Crippen LogP contribution in [0.3, 0.4) is 0 Å². The summed E-state index contributed by atoms with van der Waals surface area (Å²) in [5, 5.41) is 13.6. The van der Waals surface area contributed by atoms with Crippen LogP contribution in [0.15, 0.2) is 95.4 Å². The molecule has 0 saturated heterocycles. The second-order valence-electron chi connectivity index (χ2n) is 9.91. The molecule has 234 valence electrons. The number of ether oxygens (including phenoxy) is 2. The fraction of sp³-hybridized carbons (Fsp3) is 0.118. The highest BCUT2D eigenvalue weighted by Gasteiger charge is 2.14. The van der Waals surface area contributed by atoms with Crippen LogP contribution in [0.2, 0.25) is 5.02 Å². The van der Waals surface area contributed by atoms with Gasteiger partial charge in [0, 0.05) is 32.9 Å². The van der Waals surface area contributed by atoms with E-state index in [4.69, 9.17) is 21.1 Å². The van der Waals surface area contributed by atoms with E-state index in [1.807, 2.05) is 61.7 Å². The number of rotatable bonds is 12. The maximum atomic E-state index is 12.8. The minimum Gasteiger partial charge on any atom is -0.490 e. The minimum atomic E-state index is -0.353. The number of anilines is 3. The zero-order valence-electron chi connectivity index (χ0n) is 24.8. The average Bonchev–Trinajstić information content (AvgIpc) is 3.51. The minimum absolute atomic E-state index is 0.213. The average molecular weight is 766 g/mol. The molecule has 12 heteroatoms. The Kier molecular flexibility index (Phi) is 11.2. The van der Waals surface area contributed by atoms with Gasteiger partial charge in [0.2, 0.25) is 0 Å². The molecular formula is C34H29ClIN5O4S. The van der Waals surface area contributed by atoms with Gasteiger partial charge >= 0.3 is 0 Å². The Balaban J connectivity index is 1.17. The number of hydrogen-bond donors (Lipinski definition) is 3. The molecule has 5 aromatic rings.